The minimum absolute atomic E-state index is 0.0362. The summed E-state index contributed by atoms with van der Waals surface area (Å²) in [7, 11) is 0. The molecule has 4 heteroatoms. The van der Waals surface area contributed by atoms with Gasteiger partial charge in [-0.05, 0) is 56.9 Å². The maximum absolute atomic E-state index is 4.61. The van der Waals surface area contributed by atoms with Crippen LogP contribution in [0.2, 0.25) is 0 Å². The molecule has 0 amide bonds. The van der Waals surface area contributed by atoms with Crippen molar-refractivity contribution in [1.82, 2.24) is 14.8 Å². The Bertz CT molecular complexity index is 604. The summed E-state index contributed by atoms with van der Waals surface area (Å²) in [5.74, 6) is 3.27. The lowest BCUT2D eigenvalue weighted by atomic mass is 9.90. The highest BCUT2D eigenvalue weighted by Gasteiger charge is 2.38. The van der Waals surface area contributed by atoms with Crippen LogP contribution in [0.3, 0.4) is 0 Å². The van der Waals surface area contributed by atoms with Gasteiger partial charge >= 0.3 is 0 Å². The molecule has 0 radical (unpaired) electrons. The molecule has 0 spiro atoms. The van der Waals surface area contributed by atoms with Crippen molar-refractivity contribution in [2.75, 3.05) is 0 Å². The zero-order valence-electron chi connectivity index (χ0n) is 12.2. The molecule has 2 heterocycles. The molecule has 2 fully saturated rings. The Morgan fingerprint density at radius 2 is 2.05 bits per heavy atom. The third-order valence-corrected chi connectivity index (χ3v) is 5.74. The number of thiophene rings is 1. The van der Waals surface area contributed by atoms with Crippen molar-refractivity contribution in [3.05, 3.63) is 34.0 Å². The van der Waals surface area contributed by atoms with Gasteiger partial charge in [-0.1, -0.05) is 6.07 Å². The summed E-state index contributed by atoms with van der Waals surface area (Å²) in [4.78, 5) is 1.38. The molecule has 2 saturated carbocycles. The minimum Gasteiger partial charge on any atom is -0.311 e. The van der Waals surface area contributed by atoms with Gasteiger partial charge in [0, 0.05) is 17.3 Å². The van der Waals surface area contributed by atoms with Gasteiger partial charge in [0.1, 0.15) is 11.6 Å². The van der Waals surface area contributed by atoms with E-state index in [-0.39, 0.29) is 5.41 Å². The molecule has 0 saturated heterocycles. The van der Waals surface area contributed by atoms with Crippen molar-refractivity contribution < 1.29 is 0 Å². The molecule has 0 bridgehead atoms. The van der Waals surface area contributed by atoms with Crippen LogP contribution in [0.5, 0.6) is 0 Å². The van der Waals surface area contributed by atoms with Crippen molar-refractivity contribution in [3.8, 4) is 0 Å². The van der Waals surface area contributed by atoms with Crippen molar-refractivity contribution in [2.45, 2.75) is 57.4 Å². The fourth-order valence-corrected chi connectivity index (χ4v) is 3.78. The van der Waals surface area contributed by atoms with E-state index in [4.69, 9.17) is 0 Å². The molecular formula is C16H21N3S. The van der Waals surface area contributed by atoms with Gasteiger partial charge < -0.3 is 4.57 Å². The van der Waals surface area contributed by atoms with Gasteiger partial charge in [-0.2, -0.15) is 0 Å². The lowest BCUT2D eigenvalue weighted by molar-refractivity contribution is 0.529. The third-order valence-electron chi connectivity index (χ3n) is 4.54. The predicted molar refractivity (Wildman–Crippen MR) is 81.2 cm³/mol. The van der Waals surface area contributed by atoms with Gasteiger partial charge in [-0.25, -0.2) is 0 Å². The molecule has 3 nitrogen and oxygen atoms in total. The van der Waals surface area contributed by atoms with Gasteiger partial charge in [0.15, 0.2) is 0 Å². The van der Waals surface area contributed by atoms with E-state index in [0.29, 0.717) is 6.04 Å². The van der Waals surface area contributed by atoms with E-state index in [0.717, 1.165) is 18.2 Å². The summed E-state index contributed by atoms with van der Waals surface area (Å²) in [5.41, 5.74) is -0.0362. The molecular weight excluding hydrogens is 266 g/mol. The second-order valence-electron chi connectivity index (χ2n) is 6.79. The number of rotatable bonds is 5. The van der Waals surface area contributed by atoms with E-state index in [9.17, 15) is 0 Å². The first-order valence-corrected chi connectivity index (χ1v) is 8.52. The van der Waals surface area contributed by atoms with Crippen molar-refractivity contribution in [3.63, 3.8) is 0 Å². The van der Waals surface area contributed by atoms with Crippen LogP contribution in [0.4, 0.5) is 0 Å². The lowest BCUT2D eigenvalue weighted by Crippen LogP contribution is -2.24. The van der Waals surface area contributed by atoms with Crippen LogP contribution >= 0.6 is 11.3 Å². The fourth-order valence-electron chi connectivity index (χ4n) is 2.93. The Kier molecular flexibility index (Phi) is 2.78. The molecule has 20 heavy (non-hydrogen) atoms. The first-order chi connectivity index (χ1) is 9.66. The standard InChI is InChI=1S/C16H21N3S/c1-16(2,13-4-3-9-20-13)15-18-17-14(10-11-5-6-11)19(15)12-7-8-12/h3-4,9,11-12H,5-8,10H2,1-2H3. The highest BCUT2D eigenvalue weighted by Crippen LogP contribution is 2.43. The van der Waals surface area contributed by atoms with Crippen LogP contribution < -0.4 is 0 Å². The number of aromatic nitrogens is 3. The quantitative estimate of drug-likeness (QED) is 0.833. The maximum atomic E-state index is 4.61. The van der Waals surface area contributed by atoms with Crippen LogP contribution in [-0.2, 0) is 11.8 Å². The molecule has 2 aliphatic carbocycles. The van der Waals surface area contributed by atoms with Crippen LogP contribution in [0, 0.1) is 5.92 Å². The topological polar surface area (TPSA) is 30.7 Å². The van der Waals surface area contributed by atoms with Crippen LogP contribution in [0.1, 0.15) is 62.1 Å². The van der Waals surface area contributed by atoms with Gasteiger partial charge in [0.05, 0.1) is 5.41 Å². The molecule has 4 rings (SSSR count). The Morgan fingerprint density at radius 3 is 2.65 bits per heavy atom. The van der Waals surface area contributed by atoms with E-state index in [2.05, 4.69) is 46.1 Å². The first kappa shape index (κ1) is 12.6. The van der Waals surface area contributed by atoms with Gasteiger partial charge in [-0.15, -0.1) is 21.5 Å². The SMILES string of the molecule is CC(C)(c1cccs1)c1nnc(CC2CC2)n1C1CC1. The van der Waals surface area contributed by atoms with Crippen LogP contribution in [-0.4, -0.2) is 14.8 Å². The Morgan fingerprint density at radius 1 is 1.25 bits per heavy atom. The Balaban J connectivity index is 1.75. The smallest absolute Gasteiger partial charge is 0.144 e. The summed E-state index contributed by atoms with van der Waals surface area (Å²) < 4.78 is 2.47. The van der Waals surface area contributed by atoms with Crippen LogP contribution in [0.15, 0.2) is 17.5 Å². The molecule has 2 aliphatic rings. The van der Waals surface area contributed by atoms with Crippen LogP contribution in [0.25, 0.3) is 0 Å². The van der Waals surface area contributed by atoms with Gasteiger partial charge in [-0.3, -0.25) is 0 Å². The van der Waals surface area contributed by atoms with E-state index in [1.807, 2.05) is 11.3 Å². The second kappa shape index (κ2) is 4.42. The van der Waals surface area contributed by atoms with Crippen molar-refractivity contribution >= 4 is 11.3 Å². The lowest BCUT2D eigenvalue weighted by Gasteiger charge is -2.23. The van der Waals surface area contributed by atoms with Gasteiger partial charge in [0.25, 0.3) is 0 Å². The minimum atomic E-state index is -0.0362. The maximum Gasteiger partial charge on any atom is 0.144 e. The molecule has 0 unspecified atom stereocenters. The zero-order chi connectivity index (χ0) is 13.7. The number of nitrogens with zero attached hydrogens (tertiary/aromatic N) is 3. The summed E-state index contributed by atoms with van der Waals surface area (Å²) in [6.07, 6.45) is 6.47. The number of hydrogen-bond acceptors (Lipinski definition) is 3. The van der Waals surface area contributed by atoms with E-state index in [1.165, 1.54) is 36.4 Å². The number of hydrogen-bond donors (Lipinski definition) is 0. The normalized spacial score (nSPS) is 19.5. The fraction of sp³-hybridized carbons (Fsp3) is 0.625. The van der Waals surface area contributed by atoms with Crippen molar-refractivity contribution in [2.24, 2.45) is 5.92 Å². The monoisotopic (exact) mass is 287 g/mol. The average Bonchev–Trinajstić information content (AvgIpc) is 3.32. The molecule has 2 aromatic heterocycles. The summed E-state index contributed by atoms with van der Waals surface area (Å²) in [5, 5.41) is 11.3. The molecule has 2 aromatic rings. The molecule has 0 aliphatic heterocycles. The summed E-state index contributed by atoms with van der Waals surface area (Å²) in [6.45, 7) is 4.56. The molecule has 0 aromatic carbocycles. The molecule has 0 N–H and O–H groups in total. The first-order valence-electron chi connectivity index (χ1n) is 7.64. The largest absolute Gasteiger partial charge is 0.311 e. The van der Waals surface area contributed by atoms with E-state index < -0.39 is 0 Å². The third kappa shape index (κ3) is 2.10. The second-order valence-corrected chi connectivity index (χ2v) is 7.74. The van der Waals surface area contributed by atoms with E-state index >= 15 is 0 Å². The Labute approximate surface area is 124 Å². The average molecular weight is 287 g/mol. The van der Waals surface area contributed by atoms with Gasteiger partial charge in [0.2, 0.25) is 0 Å². The predicted octanol–water partition coefficient (Wildman–Crippen LogP) is 3.95. The zero-order valence-corrected chi connectivity index (χ0v) is 13.0. The summed E-state index contributed by atoms with van der Waals surface area (Å²) >= 11 is 1.82. The Hall–Kier alpha value is -1.16. The highest BCUT2D eigenvalue weighted by molar-refractivity contribution is 7.10. The highest BCUT2D eigenvalue weighted by atomic mass is 32.1. The van der Waals surface area contributed by atoms with Crippen molar-refractivity contribution in [1.29, 1.82) is 0 Å². The van der Waals surface area contributed by atoms with E-state index in [1.54, 1.807) is 0 Å². The molecule has 0 atom stereocenters. The summed E-state index contributed by atoms with van der Waals surface area (Å²) in [6, 6.07) is 5.01. The molecule has 106 valence electrons.